The van der Waals surface area contributed by atoms with E-state index in [9.17, 15) is 18.0 Å². The Morgan fingerprint density at radius 1 is 1.22 bits per heavy atom. The van der Waals surface area contributed by atoms with Gasteiger partial charge in [0.2, 0.25) is 0 Å². The van der Waals surface area contributed by atoms with Gasteiger partial charge in [-0.1, -0.05) is 19.9 Å². The van der Waals surface area contributed by atoms with Crippen LogP contribution in [0.1, 0.15) is 54.4 Å². The van der Waals surface area contributed by atoms with E-state index in [1.165, 1.54) is 10.5 Å². The number of carbonyl (C=O) groups is 1. The van der Waals surface area contributed by atoms with E-state index in [4.69, 9.17) is 4.74 Å². The summed E-state index contributed by atoms with van der Waals surface area (Å²) < 4.78 is 46.6. The lowest BCUT2D eigenvalue weighted by Crippen LogP contribution is -2.39. The average molecular weight is 446 g/mol. The molecule has 1 fully saturated rings. The number of rotatable bonds is 5. The van der Waals surface area contributed by atoms with Crippen LogP contribution in [0.15, 0.2) is 42.6 Å². The number of fused-ring (bicyclic) bond motifs is 1. The normalized spacial score (nSPS) is 17.2. The Morgan fingerprint density at radius 3 is 2.78 bits per heavy atom. The first-order chi connectivity index (χ1) is 15.2. The van der Waals surface area contributed by atoms with Gasteiger partial charge >= 0.3 is 6.18 Å². The molecule has 3 aromatic rings. The van der Waals surface area contributed by atoms with E-state index in [0.29, 0.717) is 48.4 Å². The zero-order chi connectivity index (χ0) is 22.9. The van der Waals surface area contributed by atoms with Crippen LogP contribution in [-0.4, -0.2) is 45.1 Å². The Bertz CT molecular complexity index is 1110. The van der Waals surface area contributed by atoms with Crippen molar-refractivity contribution >= 4 is 11.6 Å². The minimum absolute atomic E-state index is 0.130. The number of hydrogen-bond donors (Lipinski definition) is 0. The number of piperidine rings is 1. The Morgan fingerprint density at radius 2 is 2.03 bits per heavy atom. The van der Waals surface area contributed by atoms with Crippen molar-refractivity contribution in [2.45, 2.75) is 38.8 Å². The lowest BCUT2D eigenvalue weighted by Gasteiger charge is -2.32. The van der Waals surface area contributed by atoms with Crippen LogP contribution in [0.2, 0.25) is 0 Å². The molecule has 6 nitrogen and oxygen atoms in total. The lowest BCUT2D eigenvalue weighted by molar-refractivity contribution is -0.137. The number of benzene rings is 1. The molecule has 1 aliphatic heterocycles. The highest BCUT2D eigenvalue weighted by Gasteiger charge is 2.33. The number of halogens is 3. The number of aromatic nitrogens is 3. The van der Waals surface area contributed by atoms with Crippen LogP contribution in [0.5, 0.6) is 5.75 Å². The van der Waals surface area contributed by atoms with Crippen LogP contribution in [0.25, 0.3) is 5.65 Å². The van der Waals surface area contributed by atoms with E-state index in [1.807, 2.05) is 6.07 Å². The Kier molecular flexibility index (Phi) is 6.08. The first kappa shape index (κ1) is 22.1. The number of pyridine rings is 1. The second-order valence-corrected chi connectivity index (χ2v) is 8.52. The number of carbonyl (C=O) groups excluding carboxylic acids is 1. The summed E-state index contributed by atoms with van der Waals surface area (Å²) in [5.41, 5.74) is 0.122. The van der Waals surface area contributed by atoms with Gasteiger partial charge in [-0.3, -0.25) is 9.20 Å². The average Bonchev–Trinajstić information content (AvgIpc) is 3.20. The monoisotopic (exact) mass is 446 g/mol. The maximum absolute atomic E-state index is 13.2. The molecule has 1 aliphatic rings. The first-order valence-electron chi connectivity index (χ1n) is 10.7. The molecule has 170 valence electrons. The smallest absolute Gasteiger partial charge is 0.417 e. The number of likely N-dealkylation sites (tertiary alicyclic amines) is 1. The Labute approximate surface area is 184 Å². The molecular formula is C23H25F3N4O2. The summed E-state index contributed by atoms with van der Waals surface area (Å²) in [6.45, 7) is 5.61. The first-order valence-corrected chi connectivity index (χ1v) is 10.7. The molecule has 0 radical (unpaired) electrons. The molecule has 32 heavy (non-hydrogen) atoms. The van der Waals surface area contributed by atoms with Crippen molar-refractivity contribution in [3.8, 4) is 5.75 Å². The number of ether oxygens (including phenoxy) is 1. The van der Waals surface area contributed by atoms with Gasteiger partial charge in [0, 0.05) is 30.8 Å². The molecule has 4 rings (SSSR count). The molecule has 1 amide bonds. The maximum Gasteiger partial charge on any atom is 0.417 e. The predicted molar refractivity (Wildman–Crippen MR) is 113 cm³/mol. The summed E-state index contributed by atoms with van der Waals surface area (Å²) in [5, 5.41) is 8.17. The molecule has 2 aromatic heterocycles. The summed E-state index contributed by atoms with van der Waals surface area (Å²) >= 11 is 0. The van der Waals surface area contributed by atoms with Gasteiger partial charge in [0.1, 0.15) is 11.6 Å². The third-order valence-electron chi connectivity index (χ3n) is 5.49. The fraction of sp³-hybridized carbons (Fsp3) is 0.435. The zero-order valence-electron chi connectivity index (χ0n) is 18.0. The Balaban J connectivity index is 1.54. The Hall–Kier alpha value is -3.10. The molecular weight excluding hydrogens is 421 g/mol. The molecule has 1 unspecified atom stereocenters. The number of nitrogens with zero attached hydrogens (tertiary/aromatic N) is 4. The summed E-state index contributed by atoms with van der Waals surface area (Å²) in [7, 11) is 0. The van der Waals surface area contributed by atoms with Gasteiger partial charge < -0.3 is 9.64 Å². The van der Waals surface area contributed by atoms with E-state index < -0.39 is 11.7 Å². The van der Waals surface area contributed by atoms with Crippen LogP contribution in [0.4, 0.5) is 13.2 Å². The van der Waals surface area contributed by atoms with Crippen LogP contribution < -0.4 is 4.74 Å². The van der Waals surface area contributed by atoms with Crippen LogP contribution in [0, 0.1) is 5.92 Å². The van der Waals surface area contributed by atoms with Crippen molar-refractivity contribution < 1.29 is 22.7 Å². The van der Waals surface area contributed by atoms with Crippen LogP contribution in [-0.2, 0) is 6.18 Å². The summed E-state index contributed by atoms with van der Waals surface area (Å²) in [6, 6.07) is 9.40. The second-order valence-electron chi connectivity index (χ2n) is 8.52. The number of alkyl halides is 3. The highest BCUT2D eigenvalue weighted by molar-refractivity contribution is 5.94. The van der Waals surface area contributed by atoms with Gasteiger partial charge in [-0.25, -0.2) is 0 Å². The molecule has 0 spiro atoms. The lowest BCUT2D eigenvalue weighted by atomic mass is 9.96. The minimum atomic E-state index is -4.45. The third-order valence-corrected chi connectivity index (χ3v) is 5.49. The molecule has 1 atom stereocenters. The van der Waals surface area contributed by atoms with Gasteiger partial charge in [-0.2, -0.15) is 13.2 Å². The topological polar surface area (TPSA) is 59.7 Å². The molecule has 0 aliphatic carbocycles. The molecule has 9 heteroatoms. The van der Waals surface area contributed by atoms with Crippen molar-refractivity contribution in [3.63, 3.8) is 0 Å². The van der Waals surface area contributed by atoms with Crippen LogP contribution in [0.3, 0.4) is 0 Å². The predicted octanol–water partition coefficient (Wildman–Crippen LogP) is 4.80. The summed E-state index contributed by atoms with van der Waals surface area (Å²) in [6.07, 6.45) is -1.97. The summed E-state index contributed by atoms with van der Waals surface area (Å²) in [4.78, 5) is 14.9. The highest BCUT2D eigenvalue weighted by atomic mass is 19.4. The van der Waals surface area contributed by atoms with Crippen molar-refractivity contribution in [1.82, 2.24) is 19.5 Å². The van der Waals surface area contributed by atoms with Gasteiger partial charge in [-0.15, -0.1) is 10.2 Å². The van der Waals surface area contributed by atoms with Gasteiger partial charge in [0.05, 0.1) is 12.2 Å². The van der Waals surface area contributed by atoms with Gasteiger partial charge in [0.25, 0.3) is 5.91 Å². The van der Waals surface area contributed by atoms with Crippen molar-refractivity contribution in [2.24, 2.45) is 5.92 Å². The highest BCUT2D eigenvalue weighted by Crippen LogP contribution is 2.32. The van der Waals surface area contributed by atoms with Crippen molar-refractivity contribution in [3.05, 3.63) is 59.5 Å². The quantitative estimate of drug-likeness (QED) is 0.565. The SMILES string of the molecule is CC(C)COc1cccc(C(=O)N2CCCC(c3nnc4ccc(C(F)(F)F)cn34)C2)c1. The van der Waals surface area contributed by atoms with Crippen molar-refractivity contribution in [1.29, 1.82) is 0 Å². The van der Waals surface area contributed by atoms with E-state index in [0.717, 1.165) is 25.1 Å². The third kappa shape index (κ3) is 4.71. The van der Waals surface area contributed by atoms with Gasteiger partial charge in [0.15, 0.2) is 5.65 Å². The van der Waals surface area contributed by atoms with E-state index >= 15 is 0 Å². The van der Waals surface area contributed by atoms with Crippen LogP contribution >= 0.6 is 0 Å². The number of hydrogen-bond acceptors (Lipinski definition) is 4. The van der Waals surface area contributed by atoms with Crippen molar-refractivity contribution in [2.75, 3.05) is 19.7 Å². The van der Waals surface area contributed by atoms with E-state index in [1.54, 1.807) is 23.1 Å². The second kappa shape index (κ2) is 8.80. The molecule has 1 aromatic carbocycles. The fourth-order valence-electron chi connectivity index (χ4n) is 3.89. The fourth-order valence-corrected chi connectivity index (χ4v) is 3.89. The zero-order valence-corrected chi connectivity index (χ0v) is 18.0. The minimum Gasteiger partial charge on any atom is -0.493 e. The largest absolute Gasteiger partial charge is 0.493 e. The molecule has 0 saturated carbocycles. The number of amides is 1. The molecule has 1 saturated heterocycles. The summed E-state index contributed by atoms with van der Waals surface area (Å²) in [5.74, 6) is 1.12. The van der Waals surface area contributed by atoms with E-state index in [-0.39, 0.29) is 11.8 Å². The van der Waals surface area contributed by atoms with Gasteiger partial charge in [-0.05, 0) is 49.1 Å². The molecule has 3 heterocycles. The van der Waals surface area contributed by atoms with E-state index in [2.05, 4.69) is 24.0 Å². The maximum atomic E-state index is 13.2. The molecule has 0 bridgehead atoms. The standard InChI is InChI=1S/C23H25F3N4O2/c1-15(2)14-32-19-7-3-5-16(11-19)22(31)29-10-4-6-17(12-29)21-28-27-20-9-8-18(13-30(20)21)23(24,25)26/h3,5,7-9,11,13,15,17H,4,6,10,12,14H2,1-2H3. The molecule has 0 N–H and O–H groups in total.